The third-order valence-electron chi connectivity index (χ3n) is 5.06. The van der Waals surface area contributed by atoms with E-state index in [1.165, 1.54) is 24.8 Å². The fourth-order valence-corrected chi connectivity index (χ4v) is 3.77. The van der Waals surface area contributed by atoms with Crippen molar-refractivity contribution < 1.29 is 13.7 Å². The van der Waals surface area contributed by atoms with Crippen molar-refractivity contribution in [3.05, 3.63) is 40.7 Å². The summed E-state index contributed by atoms with van der Waals surface area (Å²) in [7, 11) is 2.10. The van der Waals surface area contributed by atoms with Gasteiger partial charge in [-0.3, -0.25) is 4.90 Å². The Morgan fingerprint density at radius 2 is 2.04 bits per heavy atom. The fourth-order valence-electron chi connectivity index (χ4n) is 3.77. The topological polar surface area (TPSA) is 51.6 Å². The lowest BCUT2D eigenvalue weighted by Gasteiger charge is -2.20. The van der Waals surface area contributed by atoms with Gasteiger partial charge in [0, 0.05) is 25.1 Å². The van der Waals surface area contributed by atoms with Crippen molar-refractivity contribution in [3.8, 4) is 0 Å². The average Bonchev–Trinajstić information content (AvgIpc) is 3.23. The summed E-state index contributed by atoms with van der Waals surface area (Å²) in [5, 5.41) is 4.29. The molecule has 1 aliphatic heterocycles. The highest BCUT2D eigenvalue weighted by atomic mass is 16.5. The van der Waals surface area contributed by atoms with Crippen molar-refractivity contribution in [3.63, 3.8) is 0 Å². The number of aromatic nitrogens is 1. The molecule has 2 aromatic heterocycles. The maximum absolute atomic E-state index is 6.02. The first kappa shape index (κ1) is 15.9. The minimum Gasteiger partial charge on any atom is -0.462 e. The van der Waals surface area contributed by atoms with Crippen molar-refractivity contribution in [2.45, 2.75) is 64.1 Å². The highest BCUT2D eigenvalue weighted by Gasteiger charge is 2.22. The molecule has 2 aromatic rings. The summed E-state index contributed by atoms with van der Waals surface area (Å²) in [4.78, 5) is 2.23. The lowest BCUT2D eigenvalue weighted by molar-refractivity contribution is 0.000902. The molecule has 5 nitrogen and oxygen atoms in total. The molecule has 5 heteroatoms. The molecule has 0 saturated carbocycles. The molecular weight excluding hydrogens is 304 g/mol. The first-order valence-corrected chi connectivity index (χ1v) is 9.14. The number of hydrogen-bond acceptors (Lipinski definition) is 5. The summed E-state index contributed by atoms with van der Waals surface area (Å²) < 4.78 is 17.3. The van der Waals surface area contributed by atoms with Crippen LogP contribution in [0.1, 0.15) is 66.7 Å². The van der Waals surface area contributed by atoms with Gasteiger partial charge in [-0.05, 0) is 57.7 Å². The summed E-state index contributed by atoms with van der Waals surface area (Å²) >= 11 is 0. The molecule has 1 aliphatic carbocycles. The second-order valence-electron chi connectivity index (χ2n) is 7.07. The number of fused-ring (bicyclic) bond motifs is 1. The van der Waals surface area contributed by atoms with Gasteiger partial charge in [-0.15, -0.1) is 0 Å². The van der Waals surface area contributed by atoms with E-state index in [1.807, 2.05) is 0 Å². The van der Waals surface area contributed by atoms with E-state index in [9.17, 15) is 0 Å². The van der Waals surface area contributed by atoms with Crippen LogP contribution in [-0.4, -0.2) is 23.7 Å². The van der Waals surface area contributed by atoms with Crippen molar-refractivity contribution >= 4 is 0 Å². The molecule has 0 bridgehead atoms. The SMILES string of the molecule is CN(Cc1ccc(C2CCCCO2)o1)Cc1noc2c1CCCC2. The van der Waals surface area contributed by atoms with Crippen LogP contribution in [0.4, 0.5) is 0 Å². The minimum atomic E-state index is 0.139. The molecule has 0 radical (unpaired) electrons. The standard InChI is InChI=1S/C19H26N2O3/c1-21(13-16-15-6-2-3-7-17(15)24-20-16)12-14-9-10-19(23-14)18-8-4-5-11-22-18/h9-10,18H,2-8,11-13H2,1H3. The zero-order valence-corrected chi connectivity index (χ0v) is 14.4. The second-order valence-corrected chi connectivity index (χ2v) is 7.07. The molecule has 3 heterocycles. The Balaban J connectivity index is 1.37. The maximum Gasteiger partial charge on any atom is 0.140 e. The Hall–Kier alpha value is -1.59. The Bertz CT molecular complexity index is 670. The number of nitrogens with zero attached hydrogens (tertiary/aromatic N) is 2. The molecule has 0 N–H and O–H groups in total. The van der Waals surface area contributed by atoms with Gasteiger partial charge in [-0.1, -0.05) is 5.16 Å². The van der Waals surface area contributed by atoms with E-state index in [0.29, 0.717) is 0 Å². The lowest BCUT2D eigenvalue weighted by Crippen LogP contribution is -2.18. The summed E-state index contributed by atoms with van der Waals surface area (Å²) in [6.45, 7) is 2.42. The van der Waals surface area contributed by atoms with Gasteiger partial charge in [0.15, 0.2) is 0 Å². The van der Waals surface area contributed by atoms with Gasteiger partial charge in [0.05, 0.1) is 6.54 Å². The minimum absolute atomic E-state index is 0.139. The van der Waals surface area contributed by atoms with Crippen LogP contribution >= 0.6 is 0 Å². The van der Waals surface area contributed by atoms with Crippen LogP contribution in [0.3, 0.4) is 0 Å². The van der Waals surface area contributed by atoms with Crippen molar-refractivity contribution in [1.29, 1.82) is 0 Å². The summed E-state index contributed by atoms with van der Waals surface area (Å²) in [5.74, 6) is 3.05. The van der Waals surface area contributed by atoms with E-state index in [2.05, 4.69) is 29.2 Å². The lowest BCUT2D eigenvalue weighted by atomic mass is 9.96. The van der Waals surface area contributed by atoms with Crippen LogP contribution in [0.5, 0.6) is 0 Å². The molecule has 4 rings (SSSR count). The maximum atomic E-state index is 6.02. The highest BCUT2D eigenvalue weighted by Crippen LogP contribution is 2.29. The smallest absolute Gasteiger partial charge is 0.140 e. The van der Waals surface area contributed by atoms with E-state index in [1.54, 1.807) is 0 Å². The number of rotatable bonds is 5. The van der Waals surface area contributed by atoms with E-state index >= 15 is 0 Å². The van der Waals surface area contributed by atoms with Crippen LogP contribution in [0.25, 0.3) is 0 Å². The quantitative estimate of drug-likeness (QED) is 0.829. The van der Waals surface area contributed by atoms with Crippen LogP contribution in [0.2, 0.25) is 0 Å². The predicted octanol–water partition coefficient (Wildman–Crippen LogP) is 4.02. The number of ether oxygens (including phenoxy) is 1. The Labute approximate surface area is 142 Å². The van der Waals surface area contributed by atoms with E-state index in [-0.39, 0.29) is 6.10 Å². The average molecular weight is 330 g/mol. The van der Waals surface area contributed by atoms with Gasteiger partial charge in [-0.25, -0.2) is 0 Å². The third-order valence-corrected chi connectivity index (χ3v) is 5.06. The summed E-state index contributed by atoms with van der Waals surface area (Å²) in [5.41, 5.74) is 2.43. The highest BCUT2D eigenvalue weighted by molar-refractivity contribution is 5.25. The number of hydrogen-bond donors (Lipinski definition) is 0. The van der Waals surface area contributed by atoms with Crippen LogP contribution in [-0.2, 0) is 30.7 Å². The van der Waals surface area contributed by atoms with E-state index in [0.717, 1.165) is 68.4 Å². The van der Waals surface area contributed by atoms with Gasteiger partial charge >= 0.3 is 0 Å². The molecule has 0 aromatic carbocycles. The molecule has 2 aliphatic rings. The normalized spacial score (nSPS) is 21.2. The zero-order chi connectivity index (χ0) is 16.4. The largest absolute Gasteiger partial charge is 0.462 e. The van der Waals surface area contributed by atoms with Crippen molar-refractivity contribution in [1.82, 2.24) is 10.1 Å². The Morgan fingerprint density at radius 1 is 1.12 bits per heavy atom. The molecule has 1 fully saturated rings. The Morgan fingerprint density at radius 3 is 2.92 bits per heavy atom. The first-order chi connectivity index (χ1) is 11.8. The van der Waals surface area contributed by atoms with Crippen LogP contribution in [0, 0.1) is 0 Å². The van der Waals surface area contributed by atoms with Crippen molar-refractivity contribution in [2.24, 2.45) is 0 Å². The van der Waals surface area contributed by atoms with Gasteiger partial charge in [0.25, 0.3) is 0 Å². The van der Waals surface area contributed by atoms with E-state index in [4.69, 9.17) is 13.7 Å². The number of furan rings is 1. The zero-order valence-electron chi connectivity index (χ0n) is 14.4. The Kier molecular flexibility index (Phi) is 4.72. The van der Waals surface area contributed by atoms with Gasteiger partial charge in [0.2, 0.25) is 0 Å². The molecule has 24 heavy (non-hydrogen) atoms. The molecular formula is C19H26N2O3. The molecule has 130 valence electrons. The molecule has 0 amide bonds. The molecule has 0 spiro atoms. The summed E-state index contributed by atoms with van der Waals surface area (Å²) in [6, 6.07) is 4.14. The fraction of sp³-hybridized carbons (Fsp3) is 0.632. The monoisotopic (exact) mass is 330 g/mol. The molecule has 1 atom stereocenters. The molecule has 1 saturated heterocycles. The van der Waals surface area contributed by atoms with Crippen LogP contribution < -0.4 is 0 Å². The first-order valence-electron chi connectivity index (χ1n) is 9.14. The third kappa shape index (κ3) is 3.42. The van der Waals surface area contributed by atoms with E-state index < -0.39 is 0 Å². The predicted molar refractivity (Wildman–Crippen MR) is 89.6 cm³/mol. The van der Waals surface area contributed by atoms with Gasteiger partial charge < -0.3 is 13.7 Å². The van der Waals surface area contributed by atoms with Gasteiger partial charge in [0.1, 0.15) is 29.1 Å². The van der Waals surface area contributed by atoms with Crippen molar-refractivity contribution in [2.75, 3.05) is 13.7 Å². The van der Waals surface area contributed by atoms with Gasteiger partial charge in [-0.2, -0.15) is 0 Å². The summed E-state index contributed by atoms with van der Waals surface area (Å²) in [6.07, 6.45) is 8.19. The van der Waals surface area contributed by atoms with Crippen LogP contribution in [0.15, 0.2) is 21.1 Å². The second kappa shape index (κ2) is 7.11. The molecule has 1 unspecified atom stereocenters. The number of aryl methyl sites for hydroxylation is 1.